The van der Waals surface area contributed by atoms with Gasteiger partial charge in [0.2, 0.25) is 15.4 Å². The Morgan fingerprint density at radius 3 is 2.81 bits per heavy atom. The molecule has 170 valence electrons. The van der Waals surface area contributed by atoms with Gasteiger partial charge in [0.25, 0.3) is 10.0 Å². The standard InChI is InChI=1S/C18H19ClFN7O3S2/c1-9-8-27(32(29,30)18-26-25-17(31-18)22-10(2)28)6-5-12(9)14-15(19)24-16(23-14)13-4-3-11(20)7-21-13/h3-4,7,9,12H,5-6,8H2,1-2H3,(H,23,24)(H,22,25,28)/t9-,12+/m0/s1. The summed E-state index contributed by atoms with van der Waals surface area (Å²) in [5.74, 6) is -0.514. The van der Waals surface area contributed by atoms with Crippen LogP contribution in [0.4, 0.5) is 9.52 Å². The summed E-state index contributed by atoms with van der Waals surface area (Å²) in [6.07, 6.45) is 1.61. The summed E-state index contributed by atoms with van der Waals surface area (Å²) in [4.78, 5) is 22.6. The number of rotatable bonds is 5. The first kappa shape index (κ1) is 22.7. The molecule has 0 aliphatic carbocycles. The van der Waals surface area contributed by atoms with Crippen LogP contribution in [0.5, 0.6) is 0 Å². The van der Waals surface area contributed by atoms with Crippen LogP contribution in [-0.4, -0.2) is 56.9 Å². The Hall–Kier alpha value is -2.48. The molecule has 4 rings (SSSR count). The van der Waals surface area contributed by atoms with E-state index in [0.717, 1.165) is 17.5 Å². The molecule has 32 heavy (non-hydrogen) atoms. The van der Waals surface area contributed by atoms with Crippen molar-refractivity contribution >= 4 is 44.0 Å². The number of pyridine rings is 1. The van der Waals surface area contributed by atoms with Gasteiger partial charge in [-0.3, -0.25) is 4.79 Å². The maximum Gasteiger partial charge on any atom is 0.272 e. The Morgan fingerprint density at radius 1 is 1.38 bits per heavy atom. The van der Waals surface area contributed by atoms with Gasteiger partial charge in [0.05, 0.1) is 11.9 Å². The molecule has 1 aliphatic heterocycles. The molecule has 2 N–H and O–H groups in total. The van der Waals surface area contributed by atoms with Crippen molar-refractivity contribution in [2.75, 3.05) is 18.4 Å². The van der Waals surface area contributed by atoms with Crippen LogP contribution in [0.2, 0.25) is 5.15 Å². The zero-order valence-corrected chi connectivity index (χ0v) is 19.4. The third-order valence-electron chi connectivity index (χ3n) is 5.14. The number of carbonyl (C=O) groups excluding carboxylic acids is 1. The zero-order valence-electron chi connectivity index (χ0n) is 17.0. The minimum Gasteiger partial charge on any atom is -0.339 e. The van der Waals surface area contributed by atoms with Crippen LogP contribution in [0.15, 0.2) is 22.7 Å². The predicted molar refractivity (Wildman–Crippen MR) is 116 cm³/mol. The van der Waals surface area contributed by atoms with Crippen molar-refractivity contribution in [3.05, 3.63) is 35.0 Å². The molecule has 0 spiro atoms. The first-order valence-corrected chi connectivity index (χ1v) is 12.3. The van der Waals surface area contributed by atoms with E-state index in [0.29, 0.717) is 23.6 Å². The van der Waals surface area contributed by atoms with E-state index in [4.69, 9.17) is 11.6 Å². The normalized spacial score (nSPS) is 19.8. The van der Waals surface area contributed by atoms with Crippen LogP contribution in [0.25, 0.3) is 11.5 Å². The number of nitrogens with one attached hydrogen (secondary N) is 2. The van der Waals surface area contributed by atoms with Crippen LogP contribution in [0.1, 0.15) is 31.9 Å². The molecular formula is C18H19ClFN7O3S2. The number of aromatic amines is 1. The van der Waals surface area contributed by atoms with E-state index in [-0.39, 0.29) is 45.5 Å². The first-order chi connectivity index (χ1) is 15.1. The van der Waals surface area contributed by atoms with Crippen LogP contribution >= 0.6 is 22.9 Å². The van der Waals surface area contributed by atoms with E-state index in [2.05, 4.69) is 30.5 Å². The van der Waals surface area contributed by atoms with Crippen molar-refractivity contribution in [1.82, 2.24) is 29.5 Å². The van der Waals surface area contributed by atoms with Crippen molar-refractivity contribution < 1.29 is 17.6 Å². The van der Waals surface area contributed by atoms with Gasteiger partial charge in [0.15, 0.2) is 11.0 Å². The lowest BCUT2D eigenvalue weighted by Gasteiger charge is -2.35. The van der Waals surface area contributed by atoms with Crippen molar-refractivity contribution in [1.29, 1.82) is 0 Å². The van der Waals surface area contributed by atoms with Crippen LogP contribution < -0.4 is 5.32 Å². The lowest BCUT2D eigenvalue weighted by Crippen LogP contribution is -2.42. The quantitative estimate of drug-likeness (QED) is 0.515. The van der Waals surface area contributed by atoms with E-state index >= 15 is 0 Å². The number of H-pyrrole nitrogens is 1. The highest BCUT2D eigenvalue weighted by molar-refractivity contribution is 7.91. The molecule has 1 fully saturated rings. The molecule has 3 aromatic rings. The smallest absolute Gasteiger partial charge is 0.272 e. The first-order valence-electron chi connectivity index (χ1n) is 9.63. The van der Waals surface area contributed by atoms with Gasteiger partial charge in [0, 0.05) is 25.9 Å². The van der Waals surface area contributed by atoms with Gasteiger partial charge in [-0.05, 0) is 24.5 Å². The highest BCUT2D eigenvalue weighted by Gasteiger charge is 2.37. The molecule has 0 aromatic carbocycles. The van der Waals surface area contributed by atoms with Gasteiger partial charge in [-0.15, -0.1) is 10.2 Å². The number of piperidine rings is 1. The molecule has 2 atom stereocenters. The van der Waals surface area contributed by atoms with Gasteiger partial charge in [-0.1, -0.05) is 29.9 Å². The second-order valence-electron chi connectivity index (χ2n) is 7.44. The summed E-state index contributed by atoms with van der Waals surface area (Å²) in [6, 6.07) is 2.79. The third kappa shape index (κ3) is 4.51. The second-order valence-corrected chi connectivity index (χ2v) is 10.9. The number of aromatic nitrogens is 5. The molecular weight excluding hydrogens is 481 g/mol. The fraction of sp³-hybridized carbons (Fsp3) is 0.389. The summed E-state index contributed by atoms with van der Waals surface area (Å²) >= 11 is 7.17. The Balaban J connectivity index is 1.50. The minimum absolute atomic E-state index is 0.0555. The third-order valence-corrected chi connectivity index (χ3v) is 8.48. The van der Waals surface area contributed by atoms with Gasteiger partial charge in [-0.25, -0.2) is 22.8 Å². The summed E-state index contributed by atoms with van der Waals surface area (Å²) in [7, 11) is -3.84. The van der Waals surface area contributed by atoms with Crippen molar-refractivity contribution in [3.8, 4) is 11.5 Å². The van der Waals surface area contributed by atoms with Crippen LogP contribution in [0.3, 0.4) is 0 Å². The largest absolute Gasteiger partial charge is 0.339 e. The number of hydrogen-bond acceptors (Lipinski definition) is 8. The maximum atomic E-state index is 13.1. The molecule has 0 unspecified atom stereocenters. The number of amides is 1. The number of hydrogen-bond donors (Lipinski definition) is 2. The van der Waals surface area contributed by atoms with E-state index in [1.54, 1.807) is 0 Å². The summed E-state index contributed by atoms with van der Waals surface area (Å²) in [5.41, 5.74) is 1.15. The van der Waals surface area contributed by atoms with Crippen molar-refractivity contribution in [3.63, 3.8) is 0 Å². The lowest BCUT2D eigenvalue weighted by molar-refractivity contribution is -0.114. The molecule has 1 aliphatic rings. The Bertz CT molecular complexity index is 1250. The molecule has 10 nitrogen and oxygen atoms in total. The van der Waals surface area contributed by atoms with Crippen molar-refractivity contribution in [2.24, 2.45) is 5.92 Å². The van der Waals surface area contributed by atoms with E-state index in [1.807, 2.05) is 6.92 Å². The predicted octanol–water partition coefficient (Wildman–Crippen LogP) is 2.89. The SMILES string of the molecule is CC(=O)Nc1nnc(S(=O)(=O)N2CC[C@@H](c3[nH]c(-c4ccc(F)cn4)nc3Cl)[C@@H](C)C2)s1. The topological polar surface area (TPSA) is 134 Å². The number of anilines is 1. The number of carbonyl (C=O) groups is 1. The summed E-state index contributed by atoms with van der Waals surface area (Å²) in [5, 5.41) is 10.3. The summed E-state index contributed by atoms with van der Waals surface area (Å²) in [6.45, 7) is 3.75. The Kier molecular flexibility index (Phi) is 6.25. The minimum atomic E-state index is -3.84. The molecule has 3 aromatic heterocycles. The molecule has 0 radical (unpaired) electrons. The maximum absolute atomic E-state index is 13.1. The highest BCUT2D eigenvalue weighted by atomic mass is 35.5. The van der Waals surface area contributed by atoms with Crippen LogP contribution in [-0.2, 0) is 14.8 Å². The van der Waals surface area contributed by atoms with E-state index in [9.17, 15) is 17.6 Å². The van der Waals surface area contributed by atoms with E-state index in [1.165, 1.54) is 23.4 Å². The second kappa shape index (κ2) is 8.81. The number of imidazole rings is 1. The monoisotopic (exact) mass is 499 g/mol. The molecule has 14 heteroatoms. The average Bonchev–Trinajstić information content (AvgIpc) is 3.35. The van der Waals surface area contributed by atoms with Gasteiger partial charge in [0.1, 0.15) is 11.5 Å². The number of halogens is 2. The average molecular weight is 500 g/mol. The van der Waals surface area contributed by atoms with Gasteiger partial charge in [-0.2, -0.15) is 4.31 Å². The fourth-order valence-electron chi connectivity index (χ4n) is 3.63. The molecule has 0 saturated carbocycles. The Labute approximate surface area is 192 Å². The molecule has 4 heterocycles. The Morgan fingerprint density at radius 2 is 2.16 bits per heavy atom. The molecule has 1 amide bonds. The fourth-order valence-corrected chi connectivity index (χ4v) is 6.54. The number of nitrogens with zero attached hydrogens (tertiary/aromatic N) is 5. The number of sulfonamides is 1. The zero-order chi connectivity index (χ0) is 23.0. The van der Waals surface area contributed by atoms with Crippen LogP contribution in [0, 0.1) is 11.7 Å². The highest BCUT2D eigenvalue weighted by Crippen LogP contribution is 2.38. The molecule has 1 saturated heterocycles. The molecule has 0 bridgehead atoms. The lowest BCUT2D eigenvalue weighted by atomic mass is 9.86. The summed E-state index contributed by atoms with van der Waals surface area (Å²) < 4.78 is 40.3. The van der Waals surface area contributed by atoms with Crippen molar-refractivity contribution in [2.45, 2.75) is 30.5 Å². The van der Waals surface area contributed by atoms with Gasteiger partial charge >= 0.3 is 0 Å². The van der Waals surface area contributed by atoms with Gasteiger partial charge < -0.3 is 10.3 Å². The van der Waals surface area contributed by atoms with E-state index < -0.39 is 15.8 Å².